The smallest absolute Gasteiger partial charge is 0.850 e. The molecule has 0 spiro atoms. The number of hydrogen-bond donors (Lipinski definition) is 3. The fourth-order valence-corrected chi connectivity index (χ4v) is 4.12. The van der Waals surface area contributed by atoms with Crippen molar-refractivity contribution in [3.63, 3.8) is 0 Å². The van der Waals surface area contributed by atoms with Crippen molar-refractivity contribution in [3.8, 4) is 5.75 Å². The Morgan fingerprint density at radius 3 is 2.00 bits per heavy atom. The molecular weight excluding hydrogens is 643 g/mol. The van der Waals surface area contributed by atoms with Crippen molar-refractivity contribution in [2.24, 2.45) is 0 Å². The first-order chi connectivity index (χ1) is 21.3. The number of H-pyrrole nitrogens is 1. The van der Waals surface area contributed by atoms with Crippen molar-refractivity contribution in [2.75, 3.05) is 33.9 Å². The maximum Gasteiger partial charge on any atom is 1.00 e. The topological polar surface area (TPSA) is 216 Å². The Bertz CT molecular complexity index is 1410. The summed E-state index contributed by atoms with van der Waals surface area (Å²) in [5.74, 6) is -3.02. The Hall–Kier alpha value is -2.89. The first-order valence-electron chi connectivity index (χ1n) is 14.9. The number of aromatic amines is 1. The molecule has 3 amide bonds. The third-order valence-electron chi connectivity index (χ3n) is 6.22. The SMILES string of the molecule is CC(C)(C)[O-].CCCC(=O)c1c(O)c2c([nH]c1=O)CN(C)C(=O)C2.CCOC(=O)CC(=O)NC1=C(C(=O)OCC)CC(=O)N(C)C1.[K+]. The van der Waals surface area contributed by atoms with E-state index in [4.69, 9.17) is 4.74 Å². The third kappa shape index (κ3) is 14.8. The van der Waals surface area contributed by atoms with Crippen LogP contribution in [0.1, 0.15) is 88.8 Å². The molecule has 47 heavy (non-hydrogen) atoms. The fourth-order valence-electron chi connectivity index (χ4n) is 4.12. The number of ether oxygens (including phenoxy) is 2. The number of carbonyl (C=O) groups excluding carboxylic acids is 6. The van der Waals surface area contributed by atoms with Gasteiger partial charge in [-0.2, -0.15) is 0 Å². The molecule has 0 aromatic carbocycles. The Morgan fingerprint density at radius 2 is 1.47 bits per heavy atom. The van der Waals surface area contributed by atoms with E-state index in [-0.39, 0.29) is 131 Å². The summed E-state index contributed by atoms with van der Waals surface area (Å²) in [6.45, 7) is 10.7. The van der Waals surface area contributed by atoms with Crippen LogP contribution in [0.2, 0.25) is 0 Å². The van der Waals surface area contributed by atoms with Crippen LogP contribution in [0.25, 0.3) is 0 Å². The number of hydrogen-bond acceptors (Lipinski definition) is 11. The van der Waals surface area contributed by atoms with Crippen LogP contribution in [-0.4, -0.2) is 94.8 Å². The quantitative estimate of drug-likeness (QED) is 0.106. The number of pyridine rings is 1. The van der Waals surface area contributed by atoms with Crippen LogP contribution in [0.5, 0.6) is 5.75 Å². The summed E-state index contributed by atoms with van der Waals surface area (Å²) in [6, 6.07) is 0. The van der Waals surface area contributed by atoms with Gasteiger partial charge in [0.15, 0.2) is 5.78 Å². The number of nitrogens with one attached hydrogen (secondary N) is 2. The maximum absolute atomic E-state index is 11.9. The van der Waals surface area contributed by atoms with E-state index in [2.05, 4.69) is 15.0 Å². The minimum atomic E-state index is -0.750. The number of likely N-dealkylation sites (N-methyl/N-ethyl adjacent to an activating group) is 2. The normalized spacial score (nSPS) is 14.0. The molecule has 2 aliphatic rings. The van der Waals surface area contributed by atoms with Crippen molar-refractivity contribution in [1.82, 2.24) is 20.1 Å². The van der Waals surface area contributed by atoms with Gasteiger partial charge in [0.2, 0.25) is 17.7 Å². The van der Waals surface area contributed by atoms with E-state index in [9.17, 15) is 43.8 Å². The third-order valence-corrected chi connectivity index (χ3v) is 6.22. The molecule has 1 aromatic rings. The second-order valence-electron chi connectivity index (χ2n) is 11.5. The summed E-state index contributed by atoms with van der Waals surface area (Å²) in [7, 11) is 3.18. The predicted octanol–water partition coefficient (Wildman–Crippen LogP) is -2.54. The monoisotopic (exact) mass is 688 g/mol. The molecule has 3 N–H and O–H groups in total. The van der Waals surface area contributed by atoms with Crippen molar-refractivity contribution in [3.05, 3.63) is 38.4 Å². The van der Waals surface area contributed by atoms with Crippen molar-refractivity contribution < 1.29 is 99.8 Å². The van der Waals surface area contributed by atoms with Gasteiger partial charge in [0.05, 0.1) is 44.7 Å². The van der Waals surface area contributed by atoms with Crippen molar-refractivity contribution >= 4 is 35.4 Å². The molecule has 15 nitrogen and oxygen atoms in total. The second-order valence-corrected chi connectivity index (χ2v) is 11.5. The summed E-state index contributed by atoms with van der Waals surface area (Å²) in [5.41, 5.74) is -0.313. The number of Topliss-reactive ketones (excluding diaryl/α,β-unsaturated/α-hetero) is 1. The standard InChI is InChI=1S/C14H20N2O6.C13H16N2O4.C4H9O.K/c1-4-21-13(19)7-11(17)15-10-8-16(3)12(18)6-9(10)14(20)22-5-2;1-3-4-9(16)11-12(18)7-5-10(17)15(2)6-8(7)14-13(11)19;1-4(2,3)5;/h4-8H2,1-3H3,(H,15,17);3-6H2,1-2H3,(H2,14,18,19);1-3H3;/q;;-1;+1. The first-order valence-corrected chi connectivity index (χ1v) is 14.9. The summed E-state index contributed by atoms with van der Waals surface area (Å²) in [4.78, 5) is 87.5. The van der Waals surface area contributed by atoms with E-state index in [1.54, 1.807) is 48.7 Å². The number of ketones is 1. The summed E-state index contributed by atoms with van der Waals surface area (Å²) in [5, 5.41) is 22.7. The zero-order valence-corrected chi connectivity index (χ0v) is 31.9. The van der Waals surface area contributed by atoms with E-state index in [1.165, 1.54) is 9.80 Å². The maximum atomic E-state index is 11.9. The Balaban J connectivity index is 0.000000777. The Labute approximate surface area is 316 Å². The number of fused-ring (bicyclic) bond motifs is 1. The molecule has 0 unspecified atom stereocenters. The van der Waals surface area contributed by atoms with Gasteiger partial charge in [0.1, 0.15) is 17.7 Å². The predicted molar refractivity (Wildman–Crippen MR) is 163 cm³/mol. The number of rotatable bonds is 9. The van der Waals surface area contributed by atoms with Crippen molar-refractivity contribution in [1.29, 1.82) is 0 Å². The van der Waals surface area contributed by atoms with Crippen LogP contribution in [0.4, 0.5) is 0 Å². The number of aromatic hydroxyl groups is 1. The molecule has 0 aliphatic carbocycles. The second kappa shape index (κ2) is 20.5. The molecule has 0 saturated heterocycles. The van der Waals surface area contributed by atoms with Gasteiger partial charge in [-0.1, -0.05) is 27.7 Å². The number of carbonyl (C=O) groups is 6. The molecule has 2 aliphatic heterocycles. The zero-order chi connectivity index (χ0) is 35.4. The van der Waals surface area contributed by atoms with Gasteiger partial charge >= 0.3 is 63.3 Å². The van der Waals surface area contributed by atoms with Crippen LogP contribution in [0.15, 0.2) is 16.1 Å². The van der Waals surface area contributed by atoms with E-state index in [1.807, 2.05) is 6.92 Å². The number of esters is 2. The van der Waals surface area contributed by atoms with Gasteiger partial charge in [0.25, 0.3) is 5.56 Å². The number of aromatic nitrogens is 1. The van der Waals surface area contributed by atoms with Gasteiger partial charge in [-0.25, -0.2) is 4.79 Å². The molecule has 16 heteroatoms. The molecule has 0 fully saturated rings. The largest absolute Gasteiger partial charge is 1.00 e. The van der Waals surface area contributed by atoms with Crippen LogP contribution >= 0.6 is 0 Å². The van der Waals surface area contributed by atoms with Crippen molar-refractivity contribution in [2.45, 2.75) is 85.8 Å². The minimum Gasteiger partial charge on any atom is -0.850 e. The van der Waals surface area contributed by atoms with Crippen LogP contribution in [-0.2, 0) is 46.4 Å². The molecule has 0 atom stereocenters. The summed E-state index contributed by atoms with van der Waals surface area (Å²) >= 11 is 0. The van der Waals surface area contributed by atoms with Crippen LogP contribution in [0.3, 0.4) is 0 Å². The van der Waals surface area contributed by atoms with Gasteiger partial charge in [0, 0.05) is 37.5 Å². The molecule has 1 aromatic heterocycles. The molecule has 3 heterocycles. The molecule has 3 rings (SSSR count). The Morgan fingerprint density at radius 1 is 0.936 bits per heavy atom. The number of amides is 3. The van der Waals surface area contributed by atoms with E-state index < -0.39 is 41.2 Å². The minimum absolute atomic E-state index is 0. The fraction of sp³-hybridized carbons (Fsp3) is 0.581. The van der Waals surface area contributed by atoms with Crippen LogP contribution < -0.4 is 67.4 Å². The molecule has 0 bridgehead atoms. The van der Waals surface area contributed by atoms with Gasteiger partial charge in [-0.05, 0) is 20.3 Å². The van der Waals surface area contributed by atoms with Gasteiger partial charge < -0.3 is 39.8 Å². The van der Waals surface area contributed by atoms with E-state index in [0.717, 1.165) is 0 Å². The average molecular weight is 689 g/mol. The number of nitrogens with zero attached hydrogens (tertiary/aromatic N) is 2. The molecule has 0 saturated carbocycles. The van der Waals surface area contributed by atoms with Gasteiger partial charge in [-0.15, -0.1) is 5.60 Å². The molecule has 256 valence electrons. The van der Waals surface area contributed by atoms with E-state index >= 15 is 0 Å². The summed E-state index contributed by atoms with van der Waals surface area (Å²) < 4.78 is 9.57. The molecular formula is C31H45KN4O11. The van der Waals surface area contributed by atoms with Gasteiger partial charge in [-0.3, -0.25) is 28.8 Å². The zero-order valence-electron chi connectivity index (χ0n) is 28.8. The Kier molecular flexibility index (Phi) is 19.2. The van der Waals surface area contributed by atoms with E-state index in [0.29, 0.717) is 17.7 Å². The molecule has 0 radical (unpaired) electrons. The average Bonchev–Trinajstić information content (AvgIpc) is 2.91. The summed E-state index contributed by atoms with van der Waals surface area (Å²) in [6.07, 6.45) is 0.191. The first kappa shape index (κ1) is 44.1. The van der Waals surface area contributed by atoms with Crippen LogP contribution in [0, 0.1) is 0 Å².